The van der Waals surface area contributed by atoms with Gasteiger partial charge in [-0.1, -0.05) is 0 Å². The molecule has 0 radical (unpaired) electrons. The topological polar surface area (TPSA) is 97.5 Å². The standard InChI is InChI=1S/C15H21N4O4P/c1-18-13(20)3-2-12-14(18)16-10-17-15(12)19-7-4-11(5-8-19)6-9-23-24(21)22/h2-3,10-11,24H,4-9H2,1H3,(H,21,22). The summed E-state index contributed by atoms with van der Waals surface area (Å²) in [7, 11) is -1.12. The Morgan fingerprint density at radius 3 is 2.79 bits per heavy atom. The van der Waals surface area contributed by atoms with Crippen LogP contribution in [0, 0.1) is 5.92 Å². The molecule has 0 bridgehead atoms. The molecule has 1 aliphatic heterocycles. The van der Waals surface area contributed by atoms with Gasteiger partial charge >= 0.3 is 8.25 Å². The molecule has 0 amide bonds. The highest BCUT2D eigenvalue weighted by atomic mass is 31.1. The molecule has 130 valence electrons. The molecule has 1 fully saturated rings. The first-order valence-electron chi connectivity index (χ1n) is 7.97. The molecule has 1 aliphatic rings. The number of rotatable bonds is 5. The number of fused-ring (bicyclic) bond motifs is 1. The molecule has 0 saturated carbocycles. The van der Waals surface area contributed by atoms with E-state index in [9.17, 15) is 9.36 Å². The first kappa shape index (κ1) is 17.1. The van der Waals surface area contributed by atoms with Crippen molar-refractivity contribution < 1.29 is 14.0 Å². The molecule has 1 atom stereocenters. The summed E-state index contributed by atoms with van der Waals surface area (Å²) >= 11 is 0. The van der Waals surface area contributed by atoms with Crippen molar-refractivity contribution in [3.05, 3.63) is 28.8 Å². The number of piperidine rings is 1. The highest BCUT2D eigenvalue weighted by Crippen LogP contribution is 2.28. The fourth-order valence-electron chi connectivity index (χ4n) is 3.16. The van der Waals surface area contributed by atoms with E-state index in [4.69, 9.17) is 9.42 Å². The van der Waals surface area contributed by atoms with Gasteiger partial charge in [-0.2, -0.15) is 0 Å². The average molecular weight is 352 g/mol. The number of anilines is 1. The van der Waals surface area contributed by atoms with Crippen molar-refractivity contribution in [1.82, 2.24) is 14.5 Å². The van der Waals surface area contributed by atoms with E-state index in [1.807, 2.05) is 0 Å². The Labute approximate surface area is 140 Å². The van der Waals surface area contributed by atoms with E-state index in [1.165, 1.54) is 17.0 Å². The maximum absolute atomic E-state index is 11.8. The maximum atomic E-state index is 11.8. The molecule has 3 rings (SSSR count). The van der Waals surface area contributed by atoms with E-state index in [2.05, 4.69) is 14.9 Å². The summed E-state index contributed by atoms with van der Waals surface area (Å²) in [4.78, 5) is 31.3. The summed E-state index contributed by atoms with van der Waals surface area (Å²) in [6, 6.07) is 3.32. The average Bonchev–Trinajstić information content (AvgIpc) is 2.58. The molecule has 24 heavy (non-hydrogen) atoms. The summed E-state index contributed by atoms with van der Waals surface area (Å²) in [5, 5.41) is 0.875. The van der Waals surface area contributed by atoms with E-state index in [0.717, 1.165) is 43.6 Å². The smallest absolute Gasteiger partial charge is 0.316 e. The lowest BCUT2D eigenvalue weighted by Crippen LogP contribution is -2.35. The molecular weight excluding hydrogens is 331 g/mol. The van der Waals surface area contributed by atoms with Crippen LogP contribution in [0.25, 0.3) is 11.0 Å². The molecule has 2 aromatic rings. The van der Waals surface area contributed by atoms with Gasteiger partial charge in [0.15, 0.2) is 0 Å². The number of aromatic nitrogens is 3. The number of aryl methyl sites for hydroxylation is 1. The highest BCUT2D eigenvalue weighted by Gasteiger charge is 2.22. The van der Waals surface area contributed by atoms with Gasteiger partial charge in [-0.05, 0) is 31.2 Å². The Kier molecular flexibility index (Phi) is 5.28. The summed E-state index contributed by atoms with van der Waals surface area (Å²) < 4.78 is 16.9. The van der Waals surface area contributed by atoms with Gasteiger partial charge in [0.25, 0.3) is 5.56 Å². The maximum Gasteiger partial charge on any atom is 0.316 e. The van der Waals surface area contributed by atoms with E-state index < -0.39 is 8.25 Å². The molecule has 8 nitrogen and oxygen atoms in total. The van der Waals surface area contributed by atoms with Crippen LogP contribution in [0.2, 0.25) is 0 Å². The zero-order chi connectivity index (χ0) is 17.1. The number of hydrogen-bond acceptors (Lipinski definition) is 6. The van der Waals surface area contributed by atoms with Gasteiger partial charge < -0.3 is 14.3 Å². The third kappa shape index (κ3) is 3.66. The normalized spacial score (nSPS) is 17.3. The largest absolute Gasteiger partial charge is 0.356 e. The zero-order valence-corrected chi connectivity index (χ0v) is 14.5. The van der Waals surface area contributed by atoms with Crippen LogP contribution in [0.3, 0.4) is 0 Å². The molecule has 0 aliphatic carbocycles. The summed E-state index contributed by atoms with van der Waals surface area (Å²) in [6.07, 6.45) is 4.25. The predicted molar refractivity (Wildman–Crippen MR) is 91.5 cm³/mol. The van der Waals surface area contributed by atoms with Gasteiger partial charge in [0.2, 0.25) is 0 Å². The quantitative estimate of drug-likeness (QED) is 0.811. The lowest BCUT2D eigenvalue weighted by atomic mass is 9.94. The summed E-state index contributed by atoms with van der Waals surface area (Å²) in [6.45, 7) is 2.04. The fraction of sp³-hybridized carbons (Fsp3) is 0.533. The van der Waals surface area contributed by atoms with Crippen LogP contribution in [0.4, 0.5) is 5.82 Å². The Bertz CT molecular complexity index is 802. The molecule has 3 heterocycles. The first-order valence-corrected chi connectivity index (χ1v) is 9.24. The predicted octanol–water partition coefficient (Wildman–Crippen LogP) is 1.33. The van der Waals surface area contributed by atoms with Crippen molar-refractivity contribution in [1.29, 1.82) is 0 Å². The van der Waals surface area contributed by atoms with Gasteiger partial charge in [-0.3, -0.25) is 13.9 Å². The molecule has 1 N–H and O–H groups in total. The van der Waals surface area contributed by atoms with Crippen LogP contribution in [0.1, 0.15) is 19.3 Å². The van der Waals surface area contributed by atoms with Crippen molar-refractivity contribution in [2.45, 2.75) is 19.3 Å². The van der Waals surface area contributed by atoms with Crippen molar-refractivity contribution >= 4 is 25.1 Å². The van der Waals surface area contributed by atoms with Crippen LogP contribution in [0.5, 0.6) is 0 Å². The number of pyridine rings is 1. The lowest BCUT2D eigenvalue weighted by molar-refractivity contribution is 0.241. The van der Waals surface area contributed by atoms with Crippen LogP contribution >= 0.6 is 8.25 Å². The third-order valence-corrected chi connectivity index (χ3v) is 5.00. The van der Waals surface area contributed by atoms with Crippen molar-refractivity contribution in [2.24, 2.45) is 13.0 Å². The Balaban J connectivity index is 1.71. The molecule has 2 aromatic heterocycles. The minimum atomic E-state index is -2.82. The van der Waals surface area contributed by atoms with Crippen LogP contribution in [-0.4, -0.2) is 39.1 Å². The third-order valence-electron chi connectivity index (χ3n) is 4.55. The van der Waals surface area contributed by atoms with Gasteiger partial charge in [0.05, 0.1) is 12.0 Å². The van der Waals surface area contributed by atoms with Crippen molar-refractivity contribution in [3.8, 4) is 0 Å². The minimum Gasteiger partial charge on any atom is -0.356 e. The van der Waals surface area contributed by atoms with Crippen LogP contribution < -0.4 is 10.5 Å². The van der Waals surface area contributed by atoms with Crippen molar-refractivity contribution in [2.75, 3.05) is 24.6 Å². The number of nitrogens with zero attached hydrogens (tertiary/aromatic N) is 4. The second-order valence-electron chi connectivity index (χ2n) is 6.00. The molecule has 1 saturated heterocycles. The Hall–Kier alpha value is -1.76. The van der Waals surface area contributed by atoms with Gasteiger partial charge in [-0.25, -0.2) is 9.97 Å². The SMILES string of the molecule is Cn1c(=O)ccc2c(N3CCC(CCO[PH](=O)O)CC3)ncnc21. The molecule has 9 heteroatoms. The molecule has 0 aromatic carbocycles. The zero-order valence-electron chi connectivity index (χ0n) is 13.5. The highest BCUT2D eigenvalue weighted by molar-refractivity contribution is 7.32. The van der Waals surface area contributed by atoms with E-state index in [1.54, 1.807) is 13.1 Å². The van der Waals surface area contributed by atoms with Gasteiger partial charge in [0.1, 0.15) is 17.8 Å². The Morgan fingerprint density at radius 1 is 1.33 bits per heavy atom. The van der Waals surface area contributed by atoms with Crippen LogP contribution in [0.15, 0.2) is 23.3 Å². The molecule has 0 spiro atoms. The minimum absolute atomic E-state index is 0.0889. The first-order chi connectivity index (χ1) is 11.6. The van der Waals surface area contributed by atoms with Gasteiger partial charge in [-0.15, -0.1) is 0 Å². The molecule has 1 unspecified atom stereocenters. The van der Waals surface area contributed by atoms with E-state index in [0.29, 0.717) is 18.2 Å². The van der Waals surface area contributed by atoms with Gasteiger partial charge in [0, 0.05) is 26.2 Å². The second-order valence-corrected chi connectivity index (χ2v) is 6.82. The van der Waals surface area contributed by atoms with Crippen molar-refractivity contribution in [3.63, 3.8) is 0 Å². The van der Waals surface area contributed by atoms with E-state index >= 15 is 0 Å². The Morgan fingerprint density at radius 2 is 2.08 bits per heavy atom. The van der Waals surface area contributed by atoms with Crippen LogP contribution in [-0.2, 0) is 16.1 Å². The monoisotopic (exact) mass is 352 g/mol. The summed E-state index contributed by atoms with van der Waals surface area (Å²) in [5.41, 5.74) is 0.546. The lowest BCUT2D eigenvalue weighted by Gasteiger charge is -2.33. The number of hydrogen-bond donors (Lipinski definition) is 1. The summed E-state index contributed by atoms with van der Waals surface area (Å²) in [5.74, 6) is 1.34. The molecular formula is C15H21N4O4P. The fourth-order valence-corrected chi connectivity index (χ4v) is 3.46. The second kappa shape index (κ2) is 7.42. The van der Waals surface area contributed by atoms with E-state index in [-0.39, 0.29) is 5.56 Å².